The van der Waals surface area contributed by atoms with Crippen LogP contribution in [0.3, 0.4) is 0 Å². The Morgan fingerprint density at radius 1 is 1.00 bits per heavy atom. The number of hydrogen-bond acceptors (Lipinski definition) is 3. The van der Waals surface area contributed by atoms with Crippen LogP contribution in [0.15, 0.2) is 42.3 Å². The van der Waals surface area contributed by atoms with E-state index >= 15 is 0 Å². The predicted octanol–water partition coefficient (Wildman–Crippen LogP) is 3.10. The Bertz CT molecular complexity index is 743. The summed E-state index contributed by atoms with van der Waals surface area (Å²) in [6, 6.07) is 6.34. The molecule has 4 heteroatoms. The van der Waals surface area contributed by atoms with Gasteiger partial charge in [-0.2, -0.15) is 0 Å². The van der Waals surface area contributed by atoms with E-state index in [4.69, 9.17) is 0 Å². The van der Waals surface area contributed by atoms with Gasteiger partial charge in [-0.3, -0.25) is 0 Å². The summed E-state index contributed by atoms with van der Waals surface area (Å²) in [5.74, 6) is 0. The van der Waals surface area contributed by atoms with Crippen molar-refractivity contribution in [2.75, 3.05) is 0 Å². The summed E-state index contributed by atoms with van der Waals surface area (Å²) in [5.41, 5.74) is 3.96. The molecule has 0 aliphatic heterocycles. The minimum absolute atomic E-state index is 0.993. The molecule has 0 aliphatic carbocycles. The van der Waals surface area contributed by atoms with Gasteiger partial charge in [0.25, 0.3) is 0 Å². The lowest BCUT2D eigenvalue weighted by atomic mass is 10.1. The summed E-state index contributed by atoms with van der Waals surface area (Å²) in [5, 5.41) is 2.34. The number of fused-ring (bicyclic) bond motifs is 5. The molecule has 1 aromatic carbocycles. The molecule has 0 amide bonds. The van der Waals surface area contributed by atoms with Crippen molar-refractivity contribution in [1.82, 2.24) is 14.4 Å². The van der Waals surface area contributed by atoms with Crippen LogP contribution in [0.25, 0.3) is 26.6 Å². The fraction of sp³-hybridized carbons (Fsp3) is 0. The molecule has 0 saturated heterocycles. The molecular weight excluding hydrogens is 218 g/mol. The zero-order valence-corrected chi connectivity index (χ0v) is 9.11. The van der Waals surface area contributed by atoms with Crippen molar-refractivity contribution in [1.29, 1.82) is 0 Å². The fourth-order valence-electron chi connectivity index (χ4n) is 2.11. The summed E-state index contributed by atoms with van der Waals surface area (Å²) in [7, 11) is 0. The lowest BCUT2D eigenvalue weighted by molar-refractivity contribution is 1.20. The van der Waals surface area contributed by atoms with Crippen LogP contribution >= 0.6 is 11.3 Å². The van der Waals surface area contributed by atoms with Crippen molar-refractivity contribution in [3.63, 3.8) is 0 Å². The Morgan fingerprint density at radius 2 is 2.00 bits per heavy atom. The van der Waals surface area contributed by atoms with E-state index < -0.39 is 0 Å². The maximum Gasteiger partial charge on any atom is 0.144 e. The van der Waals surface area contributed by atoms with Gasteiger partial charge in [-0.15, -0.1) is 11.3 Å². The average molecular weight is 225 g/mol. The molecular formula is C12H7N3S. The number of nitrogens with zero attached hydrogens (tertiary/aromatic N) is 3. The van der Waals surface area contributed by atoms with Crippen molar-refractivity contribution < 1.29 is 0 Å². The fourth-order valence-corrected chi connectivity index (χ4v) is 2.81. The van der Waals surface area contributed by atoms with E-state index in [1.165, 1.54) is 10.1 Å². The van der Waals surface area contributed by atoms with Gasteiger partial charge in [0.15, 0.2) is 0 Å². The van der Waals surface area contributed by atoms with Gasteiger partial charge in [-0.25, -0.2) is 9.97 Å². The second-order valence-corrected chi connectivity index (χ2v) is 4.59. The molecule has 3 aromatic heterocycles. The molecule has 0 unspecified atom stereocenters. The highest BCUT2D eigenvalue weighted by atomic mass is 32.1. The monoisotopic (exact) mass is 225 g/mol. The zero-order chi connectivity index (χ0) is 10.5. The van der Waals surface area contributed by atoms with E-state index in [1.54, 1.807) is 11.3 Å². The normalized spacial score (nSPS) is 11.8. The first kappa shape index (κ1) is 8.24. The molecule has 0 fully saturated rings. The third kappa shape index (κ3) is 0.919. The highest BCUT2D eigenvalue weighted by molar-refractivity contribution is 7.16. The largest absolute Gasteiger partial charge is 0.307 e. The van der Waals surface area contributed by atoms with Crippen molar-refractivity contribution >= 4 is 38.0 Å². The molecule has 4 rings (SSSR count). The Morgan fingerprint density at radius 3 is 3.00 bits per heavy atom. The number of aromatic nitrogens is 3. The SMILES string of the molecule is c1cn2ccc3c(ccc4scnc43)c2n1. The first-order valence-corrected chi connectivity index (χ1v) is 5.89. The molecule has 0 N–H and O–H groups in total. The van der Waals surface area contributed by atoms with Gasteiger partial charge in [0.1, 0.15) is 5.65 Å². The van der Waals surface area contributed by atoms with E-state index in [9.17, 15) is 0 Å². The summed E-state index contributed by atoms with van der Waals surface area (Å²) in [4.78, 5) is 8.80. The van der Waals surface area contributed by atoms with Crippen molar-refractivity contribution in [2.45, 2.75) is 0 Å². The van der Waals surface area contributed by atoms with E-state index in [0.717, 1.165) is 16.6 Å². The minimum Gasteiger partial charge on any atom is -0.307 e. The van der Waals surface area contributed by atoms with E-state index in [2.05, 4.69) is 28.2 Å². The Hall–Kier alpha value is -1.94. The van der Waals surface area contributed by atoms with Crippen molar-refractivity contribution in [2.24, 2.45) is 0 Å². The number of imidazole rings is 1. The van der Waals surface area contributed by atoms with E-state index in [-0.39, 0.29) is 0 Å². The van der Waals surface area contributed by atoms with Gasteiger partial charge in [0, 0.05) is 29.4 Å². The molecule has 0 aliphatic rings. The van der Waals surface area contributed by atoms with Gasteiger partial charge in [0.05, 0.1) is 15.7 Å². The van der Waals surface area contributed by atoms with Crippen LogP contribution in [0, 0.1) is 0 Å². The standard InChI is InChI=1S/C12H7N3S/c1-2-10-11(14-7-16-10)8-3-5-15-6-4-13-12(15)9(1)8/h1-7H. The highest BCUT2D eigenvalue weighted by Crippen LogP contribution is 2.28. The number of benzene rings is 1. The number of thiazole rings is 1. The topological polar surface area (TPSA) is 30.2 Å². The van der Waals surface area contributed by atoms with E-state index in [1.807, 2.05) is 28.5 Å². The van der Waals surface area contributed by atoms with Gasteiger partial charge in [-0.05, 0) is 18.2 Å². The minimum atomic E-state index is 0.993. The van der Waals surface area contributed by atoms with Crippen LogP contribution < -0.4 is 0 Å². The van der Waals surface area contributed by atoms with Crippen LogP contribution in [-0.4, -0.2) is 14.4 Å². The quantitative estimate of drug-likeness (QED) is 0.460. The second kappa shape index (κ2) is 2.80. The molecule has 0 spiro atoms. The maximum atomic E-state index is 4.42. The first-order chi connectivity index (χ1) is 7.93. The maximum absolute atomic E-state index is 4.42. The second-order valence-electron chi connectivity index (χ2n) is 3.70. The summed E-state index contributed by atoms with van der Waals surface area (Å²) >= 11 is 1.67. The molecule has 4 aromatic rings. The number of hydrogen-bond donors (Lipinski definition) is 0. The van der Waals surface area contributed by atoms with Crippen LogP contribution in [0.1, 0.15) is 0 Å². The lowest BCUT2D eigenvalue weighted by Gasteiger charge is -2.00. The van der Waals surface area contributed by atoms with Crippen LogP contribution in [0.4, 0.5) is 0 Å². The molecule has 0 saturated carbocycles. The molecule has 3 nitrogen and oxygen atoms in total. The van der Waals surface area contributed by atoms with Crippen LogP contribution in [0.2, 0.25) is 0 Å². The molecule has 0 bridgehead atoms. The van der Waals surface area contributed by atoms with Crippen molar-refractivity contribution in [3.05, 3.63) is 42.3 Å². The lowest BCUT2D eigenvalue weighted by Crippen LogP contribution is -1.85. The van der Waals surface area contributed by atoms with Gasteiger partial charge in [-0.1, -0.05) is 0 Å². The van der Waals surface area contributed by atoms with Crippen LogP contribution in [-0.2, 0) is 0 Å². The predicted molar refractivity (Wildman–Crippen MR) is 65.9 cm³/mol. The molecule has 16 heavy (non-hydrogen) atoms. The first-order valence-electron chi connectivity index (χ1n) is 5.01. The van der Waals surface area contributed by atoms with Gasteiger partial charge < -0.3 is 4.40 Å². The van der Waals surface area contributed by atoms with Crippen molar-refractivity contribution in [3.8, 4) is 0 Å². The summed E-state index contributed by atoms with van der Waals surface area (Å²) in [6.07, 6.45) is 5.81. The van der Waals surface area contributed by atoms with Gasteiger partial charge in [0.2, 0.25) is 0 Å². The number of pyridine rings is 1. The summed E-state index contributed by atoms with van der Waals surface area (Å²) in [6.45, 7) is 0. The molecule has 0 radical (unpaired) electrons. The smallest absolute Gasteiger partial charge is 0.144 e. The number of rotatable bonds is 0. The highest BCUT2D eigenvalue weighted by Gasteiger charge is 2.06. The average Bonchev–Trinajstić information content (AvgIpc) is 2.96. The molecule has 76 valence electrons. The molecule has 3 heterocycles. The third-order valence-electron chi connectivity index (χ3n) is 2.85. The third-order valence-corrected chi connectivity index (χ3v) is 3.65. The van der Waals surface area contributed by atoms with E-state index in [0.29, 0.717) is 0 Å². The summed E-state index contributed by atoms with van der Waals surface area (Å²) < 4.78 is 3.25. The van der Waals surface area contributed by atoms with Crippen LogP contribution in [0.5, 0.6) is 0 Å². The Balaban J connectivity index is 2.38. The Labute approximate surface area is 95.0 Å². The Kier molecular flexibility index (Phi) is 1.44. The zero-order valence-electron chi connectivity index (χ0n) is 8.29. The van der Waals surface area contributed by atoms with Gasteiger partial charge >= 0.3 is 0 Å². The molecule has 0 atom stereocenters.